The molecule has 1 N–H and O–H groups in total. The smallest absolute Gasteiger partial charge is 0.248 e. The molecule has 0 atom stereocenters. The van der Waals surface area contributed by atoms with Gasteiger partial charge in [0.05, 0.1) is 5.69 Å². The SMILES string of the molecule is O=C(/C=C/c1ccccc1Br)Nc1ccccc1I. The molecule has 2 rings (SSSR count). The molecule has 2 aromatic rings. The Balaban J connectivity index is 2.06. The van der Waals surface area contributed by atoms with Crippen LogP contribution < -0.4 is 5.32 Å². The van der Waals surface area contributed by atoms with Crippen LogP contribution in [0.4, 0.5) is 5.69 Å². The van der Waals surface area contributed by atoms with Gasteiger partial charge in [-0.15, -0.1) is 0 Å². The van der Waals surface area contributed by atoms with E-state index in [-0.39, 0.29) is 5.91 Å². The topological polar surface area (TPSA) is 29.1 Å². The van der Waals surface area contributed by atoms with Crippen molar-refractivity contribution in [1.82, 2.24) is 0 Å². The second-order valence-electron chi connectivity index (χ2n) is 3.82. The fraction of sp³-hybridized carbons (Fsp3) is 0. The first-order chi connectivity index (χ1) is 9.16. The first-order valence-electron chi connectivity index (χ1n) is 5.65. The summed E-state index contributed by atoms with van der Waals surface area (Å²) in [4.78, 5) is 11.8. The zero-order chi connectivity index (χ0) is 13.7. The summed E-state index contributed by atoms with van der Waals surface area (Å²) in [5, 5.41) is 2.85. The number of benzene rings is 2. The molecule has 0 heterocycles. The second-order valence-corrected chi connectivity index (χ2v) is 5.84. The van der Waals surface area contributed by atoms with Gasteiger partial charge in [0, 0.05) is 14.1 Å². The Kier molecular flexibility index (Phi) is 5.15. The van der Waals surface area contributed by atoms with Gasteiger partial charge in [-0.05, 0) is 52.4 Å². The van der Waals surface area contributed by atoms with Crippen LogP contribution in [-0.4, -0.2) is 5.91 Å². The van der Waals surface area contributed by atoms with Crippen molar-refractivity contribution >= 4 is 56.2 Å². The minimum atomic E-state index is -0.139. The standard InChI is InChI=1S/C15H11BrINO/c16-12-6-2-1-5-11(12)9-10-15(19)18-14-8-4-3-7-13(14)17/h1-10H,(H,18,19)/b10-9+. The Labute approximate surface area is 134 Å². The highest BCUT2D eigenvalue weighted by Crippen LogP contribution is 2.18. The Bertz CT molecular complexity index is 625. The van der Waals surface area contributed by atoms with Crippen LogP contribution in [0.2, 0.25) is 0 Å². The predicted octanol–water partition coefficient (Wildman–Crippen LogP) is 4.71. The number of para-hydroxylation sites is 1. The first kappa shape index (κ1) is 14.3. The lowest BCUT2D eigenvalue weighted by atomic mass is 10.2. The van der Waals surface area contributed by atoms with Gasteiger partial charge < -0.3 is 5.32 Å². The van der Waals surface area contributed by atoms with Crippen molar-refractivity contribution in [3.63, 3.8) is 0 Å². The summed E-state index contributed by atoms with van der Waals surface area (Å²) in [5.41, 5.74) is 1.80. The highest BCUT2D eigenvalue weighted by atomic mass is 127. The Morgan fingerprint density at radius 2 is 1.79 bits per heavy atom. The first-order valence-corrected chi connectivity index (χ1v) is 7.52. The molecule has 0 aliphatic carbocycles. The molecule has 0 aromatic heterocycles. The van der Waals surface area contributed by atoms with Gasteiger partial charge >= 0.3 is 0 Å². The molecule has 2 nitrogen and oxygen atoms in total. The summed E-state index contributed by atoms with van der Waals surface area (Å²) in [5.74, 6) is -0.139. The minimum absolute atomic E-state index is 0.139. The molecule has 0 unspecified atom stereocenters. The van der Waals surface area contributed by atoms with Crippen molar-refractivity contribution < 1.29 is 4.79 Å². The minimum Gasteiger partial charge on any atom is -0.322 e. The van der Waals surface area contributed by atoms with Crippen molar-refractivity contribution in [3.05, 3.63) is 68.2 Å². The molecular weight excluding hydrogens is 417 g/mol. The van der Waals surface area contributed by atoms with E-state index >= 15 is 0 Å². The van der Waals surface area contributed by atoms with Gasteiger partial charge in [-0.25, -0.2) is 0 Å². The molecule has 0 saturated carbocycles. The van der Waals surface area contributed by atoms with Crippen LogP contribution in [0.1, 0.15) is 5.56 Å². The van der Waals surface area contributed by atoms with Crippen molar-refractivity contribution in [2.24, 2.45) is 0 Å². The highest BCUT2D eigenvalue weighted by molar-refractivity contribution is 14.1. The maximum Gasteiger partial charge on any atom is 0.248 e. The largest absolute Gasteiger partial charge is 0.322 e. The van der Waals surface area contributed by atoms with Crippen LogP contribution in [0.25, 0.3) is 6.08 Å². The van der Waals surface area contributed by atoms with Gasteiger partial charge in [0.25, 0.3) is 0 Å². The molecule has 4 heteroatoms. The van der Waals surface area contributed by atoms with Crippen molar-refractivity contribution in [2.75, 3.05) is 5.32 Å². The number of hydrogen-bond donors (Lipinski definition) is 1. The summed E-state index contributed by atoms with van der Waals surface area (Å²) < 4.78 is 1.98. The van der Waals surface area contributed by atoms with Gasteiger partial charge in [0.15, 0.2) is 0 Å². The summed E-state index contributed by atoms with van der Waals surface area (Å²) in [6.07, 6.45) is 3.32. The van der Waals surface area contributed by atoms with Crippen LogP contribution in [-0.2, 0) is 4.79 Å². The molecule has 0 aliphatic rings. The Morgan fingerprint density at radius 3 is 2.53 bits per heavy atom. The number of carbonyl (C=O) groups is 1. The number of amides is 1. The van der Waals surface area contributed by atoms with E-state index in [0.29, 0.717) is 0 Å². The summed E-state index contributed by atoms with van der Waals surface area (Å²) >= 11 is 5.63. The number of nitrogens with one attached hydrogen (secondary N) is 1. The van der Waals surface area contributed by atoms with Gasteiger partial charge in [-0.3, -0.25) is 4.79 Å². The lowest BCUT2D eigenvalue weighted by molar-refractivity contribution is -0.111. The predicted molar refractivity (Wildman–Crippen MR) is 91.0 cm³/mol. The van der Waals surface area contributed by atoms with E-state index < -0.39 is 0 Å². The van der Waals surface area contributed by atoms with Crippen LogP contribution >= 0.6 is 38.5 Å². The fourth-order valence-electron chi connectivity index (χ4n) is 1.51. The van der Waals surface area contributed by atoms with E-state index in [1.54, 1.807) is 6.08 Å². The maximum absolute atomic E-state index is 11.8. The maximum atomic E-state index is 11.8. The molecule has 0 aliphatic heterocycles. The Hall–Kier alpha value is -1.14. The van der Waals surface area contributed by atoms with Crippen LogP contribution in [0, 0.1) is 3.57 Å². The lowest BCUT2D eigenvalue weighted by Gasteiger charge is -2.04. The molecule has 96 valence electrons. The quantitative estimate of drug-likeness (QED) is 0.558. The zero-order valence-electron chi connectivity index (χ0n) is 9.94. The number of rotatable bonds is 3. The number of carbonyl (C=O) groups excluding carboxylic acids is 1. The van der Waals surface area contributed by atoms with Crippen LogP contribution in [0.15, 0.2) is 59.1 Å². The van der Waals surface area contributed by atoms with Crippen molar-refractivity contribution in [1.29, 1.82) is 0 Å². The third-order valence-electron chi connectivity index (χ3n) is 2.45. The lowest BCUT2D eigenvalue weighted by Crippen LogP contribution is -2.08. The molecule has 2 aromatic carbocycles. The van der Waals surface area contributed by atoms with Crippen molar-refractivity contribution in [3.8, 4) is 0 Å². The van der Waals surface area contributed by atoms with Crippen LogP contribution in [0.3, 0.4) is 0 Å². The van der Waals surface area contributed by atoms with E-state index in [9.17, 15) is 4.79 Å². The van der Waals surface area contributed by atoms with E-state index in [0.717, 1.165) is 19.3 Å². The summed E-state index contributed by atoms with van der Waals surface area (Å²) in [6.45, 7) is 0. The van der Waals surface area contributed by atoms with Gasteiger partial charge in [-0.1, -0.05) is 46.3 Å². The third-order valence-corrected chi connectivity index (χ3v) is 4.11. The molecule has 1 amide bonds. The zero-order valence-corrected chi connectivity index (χ0v) is 13.7. The fourth-order valence-corrected chi connectivity index (χ4v) is 2.45. The van der Waals surface area contributed by atoms with Crippen molar-refractivity contribution in [2.45, 2.75) is 0 Å². The molecule has 0 spiro atoms. The Morgan fingerprint density at radius 1 is 1.11 bits per heavy atom. The van der Waals surface area contributed by atoms with Gasteiger partial charge in [0.1, 0.15) is 0 Å². The molecule has 0 bridgehead atoms. The molecule has 0 fully saturated rings. The molecule has 19 heavy (non-hydrogen) atoms. The second kappa shape index (κ2) is 6.86. The summed E-state index contributed by atoms with van der Waals surface area (Å²) in [7, 11) is 0. The summed E-state index contributed by atoms with van der Waals surface area (Å²) in [6, 6.07) is 15.4. The van der Waals surface area contributed by atoms with E-state index in [1.165, 1.54) is 6.08 Å². The van der Waals surface area contributed by atoms with Crippen LogP contribution in [0.5, 0.6) is 0 Å². The highest BCUT2D eigenvalue weighted by Gasteiger charge is 2.01. The monoisotopic (exact) mass is 427 g/mol. The normalized spacial score (nSPS) is 10.6. The third kappa shape index (κ3) is 4.18. The number of halogens is 2. The van der Waals surface area contributed by atoms with E-state index in [4.69, 9.17) is 0 Å². The average Bonchev–Trinajstić information content (AvgIpc) is 2.40. The van der Waals surface area contributed by atoms with E-state index in [1.807, 2.05) is 48.5 Å². The van der Waals surface area contributed by atoms with Gasteiger partial charge in [0.2, 0.25) is 5.91 Å². The number of hydrogen-bond acceptors (Lipinski definition) is 1. The molecule has 0 radical (unpaired) electrons. The van der Waals surface area contributed by atoms with Gasteiger partial charge in [-0.2, -0.15) is 0 Å². The average molecular weight is 428 g/mol. The van der Waals surface area contributed by atoms with E-state index in [2.05, 4.69) is 43.8 Å². The number of anilines is 1. The molecular formula is C15H11BrINO. The molecule has 0 saturated heterocycles.